The van der Waals surface area contributed by atoms with Gasteiger partial charge >= 0.3 is 0 Å². The Balaban J connectivity index is 1.47. The second kappa shape index (κ2) is 7.69. The molecule has 1 aromatic carbocycles. The van der Waals surface area contributed by atoms with Gasteiger partial charge in [0.05, 0.1) is 4.88 Å². The molecule has 0 N–H and O–H groups in total. The lowest BCUT2D eigenvalue weighted by Crippen LogP contribution is -2.30. The molecular formula is C25H24N2OS. The number of pyridine rings is 1. The second-order valence-corrected chi connectivity index (χ2v) is 8.96. The number of rotatable bonds is 2. The number of fused-ring (bicyclic) bond motifs is 2. The van der Waals surface area contributed by atoms with E-state index in [1.54, 1.807) is 11.3 Å². The second-order valence-electron chi connectivity index (χ2n) is 8.05. The van der Waals surface area contributed by atoms with Crippen molar-refractivity contribution in [2.24, 2.45) is 0 Å². The average Bonchev–Trinajstić information content (AvgIpc) is 3.16. The van der Waals surface area contributed by atoms with Crippen molar-refractivity contribution in [3.8, 4) is 0 Å². The Morgan fingerprint density at radius 3 is 2.72 bits per heavy atom. The molecular weight excluding hydrogens is 376 g/mol. The standard InChI is InChI=1S/C25H24N2OS/c1-17-12-18(15-26-14-17)16-27-9-6-19(7-10-27)24-21-5-3-2-4-20(21)13-23(28)25-22(24)8-11-29-25/h2-5,8,11-12,14-15H,6-7,9-10,13,16H2,1H3. The zero-order valence-corrected chi connectivity index (χ0v) is 17.5. The Morgan fingerprint density at radius 1 is 1.07 bits per heavy atom. The van der Waals surface area contributed by atoms with Crippen LogP contribution in [0.1, 0.15) is 50.3 Å². The minimum absolute atomic E-state index is 0.252. The third-order valence-electron chi connectivity index (χ3n) is 5.98. The van der Waals surface area contributed by atoms with Crippen molar-refractivity contribution in [2.75, 3.05) is 13.1 Å². The quantitative estimate of drug-likeness (QED) is 0.586. The lowest BCUT2D eigenvalue weighted by Gasteiger charge is -2.30. The van der Waals surface area contributed by atoms with E-state index in [4.69, 9.17) is 0 Å². The topological polar surface area (TPSA) is 33.2 Å². The van der Waals surface area contributed by atoms with E-state index < -0.39 is 0 Å². The van der Waals surface area contributed by atoms with Crippen LogP contribution in [0.3, 0.4) is 0 Å². The van der Waals surface area contributed by atoms with E-state index in [9.17, 15) is 4.79 Å². The third kappa shape index (κ3) is 3.59. The van der Waals surface area contributed by atoms with Crippen molar-refractivity contribution in [1.82, 2.24) is 9.88 Å². The molecule has 0 bridgehead atoms. The number of thiophene rings is 1. The van der Waals surface area contributed by atoms with Crippen molar-refractivity contribution in [3.05, 3.63) is 92.4 Å². The first-order valence-electron chi connectivity index (χ1n) is 10.2. The van der Waals surface area contributed by atoms with Crippen LogP contribution in [-0.4, -0.2) is 28.8 Å². The molecule has 0 unspecified atom stereocenters. The first kappa shape index (κ1) is 18.5. The molecule has 0 amide bonds. The summed E-state index contributed by atoms with van der Waals surface area (Å²) in [6.07, 6.45) is 6.49. The van der Waals surface area contributed by atoms with E-state index in [0.29, 0.717) is 6.42 Å². The van der Waals surface area contributed by atoms with Gasteiger partial charge in [-0.2, -0.15) is 0 Å². The molecule has 1 aliphatic heterocycles. The molecule has 29 heavy (non-hydrogen) atoms. The number of carbonyl (C=O) groups excluding carboxylic acids is 1. The molecule has 1 aliphatic carbocycles. The van der Waals surface area contributed by atoms with Gasteiger partial charge in [-0.15, -0.1) is 11.3 Å². The summed E-state index contributed by atoms with van der Waals surface area (Å²) in [7, 11) is 0. The molecule has 2 aromatic heterocycles. The molecule has 3 aromatic rings. The third-order valence-corrected chi connectivity index (χ3v) is 6.93. The van der Waals surface area contributed by atoms with E-state index in [0.717, 1.165) is 48.5 Å². The van der Waals surface area contributed by atoms with Gasteiger partial charge in [0.1, 0.15) is 0 Å². The first-order chi connectivity index (χ1) is 14.2. The number of nitrogens with zero attached hydrogens (tertiary/aromatic N) is 2. The Morgan fingerprint density at radius 2 is 1.90 bits per heavy atom. The molecule has 3 heterocycles. The zero-order valence-electron chi connectivity index (χ0n) is 16.6. The Kier molecular flexibility index (Phi) is 4.90. The molecule has 0 spiro atoms. The number of hydrogen-bond donors (Lipinski definition) is 0. The van der Waals surface area contributed by atoms with Gasteiger partial charge in [-0.3, -0.25) is 14.7 Å². The summed E-state index contributed by atoms with van der Waals surface area (Å²) in [6.45, 7) is 5.14. The molecule has 1 fully saturated rings. The van der Waals surface area contributed by atoms with Crippen LogP contribution in [0.2, 0.25) is 0 Å². The Hall–Kier alpha value is -2.56. The van der Waals surface area contributed by atoms with Gasteiger partial charge in [-0.1, -0.05) is 35.9 Å². The summed E-state index contributed by atoms with van der Waals surface area (Å²) in [6, 6.07) is 12.8. The van der Waals surface area contributed by atoms with E-state index in [1.807, 2.05) is 18.5 Å². The number of ketones is 1. The van der Waals surface area contributed by atoms with E-state index in [1.165, 1.54) is 27.8 Å². The number of Topliss-reactive ketones (excluding diaryl/α,β-unsaturated/α-hetero) is 1. The van der Waals surface area contributed by atoms with Crippen LogP contribution in [0.5, 0.6) is 0 Å². The van der Waals surface area contributed by atoms with E-state index >= 15 is 0 Å². The van der Waals surface area contributed by atoms with Crippen LogP contribution in [0.4, 0.5) is 0 Å². The van der Waals surface area contributed by atoms with Gasteiger partial charge in [-0.05, 0) is 59.0 Å². The van der Waals surface area contributed by atoms with Crippen LogP contribution in [0, 0.1) is 6.92 Å². The molecule has 5 rings (SSSR count). The van der Waals surface area contributed by atoms with Gasteiger partial charge in [0.15, 0.2) is 5.78 Å². The molecule has 146 valence electrons. The number of aromatic nitrogens is 1. The van der Waals surface area contributed by atoms with Crippen molar-refractivity contribution < 1.29 is 4.79 Å². The SMILES string of the molecule is Cc1cncc(CN2CCC(=C3c4ccccc4CC(=O)c4sccc43)CC2)c1. The summed E-state index contributed by atoms with van der Waals surface area (Å²) in [5.41, 5.74) is 8.88. The first-order valence-corrected chi connectivity index (χ1v) is 11.1. The molecule has 0 saturated carbocycles. The molecule has 0 atom stereocenters. The largest absolute Gasteiger partial charge is 0.298 e. The van der Waals surface area contributed by atoms with Crippen molar-refractivity contribution in [1.29, 1.82) is 0 Å². The van der Waals surface area contributed by atoms with Gasteiger partial charge in [0.2, 0.25) is 0 Å². The molecule has 0 radical (unpaired) electrons. The lowest BCUT2D eigenvalue weighted by molar-refractivity contribution is 0.0997. The highest BCUT2D eigenvalue weighted by Gasteiger charge is 2.27. The summed E-state index contributed by atoms with van der Waals surface area (Å²) in [5, 5.41) is 2.07. The van der Waals surface area contributed by atoms with Crippen molar-refractivity contribution in [2.45, 2.75) is 32.7 Å². The van der Waals surface area contributed by atoms with Gasteiger partial charge in [-0.25, -0.2) is 0 Å². The monoisotopic (exact) mass is 400 g/mol. The highest BCUT2D eigenvalue weighted by molar-refractivity contribution is 7.12. The summed E-state index contributed by atoms with van der Waals surface area (Å²) in [5.74, 6) is 0.252. The van der Waals surface area contributed by atoms with Gasteiger partial charge in [0, 0.05) is 44.0 Å². The number of piperidine rings is 1. The van der Waals surface area contributed by atoms with Crippen LogP contribution in [-0.2, 0) is 13.0 Å². The fourth-order valence-electron chi connectivity index (χ4n) is 4.61. The van der Waals surface area contributed by atoms with Crippen LogP contribution >= 0.6 is 11.3 Å². The van der Waals surface area contributed by atoms with Crippen molar-refractivity contribution >= 4 is 22.7 Å². The molecule has 4 heteroatoms. The zero-order chi connectivity index (χ0) is 19.8. The fraction of sp³-hybridized carbons (Fsp3) is 0.280. The summed E-state index contributed by atoms with van der Waals surface area (Å²) >= 11 is 1.59. The number of likely N-dealkylation sites (tertiary alicyclic amines) is 1. The molecule has 1 saturated heterocycles. The van der Waals surface area contributed by atoms with Crippen LogP contribution in [0.15, 0.2) is 59.7 Å². The number of aryl methyl sites for hydroxylation is 1. The maximum Gasteiger partial charge on any atom is 0.177 e. The minimum atomic E-state index is 0.252. The Labute approximate surface area is 175 Å². The highest BCUT2D eigenvalue weighted by atomic mass is 32.1. The number of carbonyl (C=O) groups is 1. The van der Waals surface area contributed by atoms with Gasteiger partial charge in [0.25, 0.3) is 0 Å². The summed E-state index contributed by atoms with van der Waals surface area (Å²) < 4.78 is 0. The Bertz CT molecular complexity index is 1100. The van der Waals surface area contributed by atoms with Crippen LogP contribution in [0.25, 0.3) is 5.57 Å². The summed E-state index contributed by atoms with van der Waals surface area (Å²) in [4.78, 5) is 20.6. The maximum absolute atomic E-state index is 12.8. The average molecular weight is 401 g/mol. The van der Waals surface area contributed by atoms with E-state index in [-0.39, 0.29) is 5.78 Å². The number of hydrogen-bond acceptors (Lipinski definition) is 4. The predicted octanol–water partition coefficient (Wildman–Crippen LogP) is 5.29. The molecule has 2 aliphatic rings. The van der Waals surface area contributed by atoms with Gasteiger partial charge < -0.3 is 0 Å². The molecule has 3 nitrogen and oxygen atoms in total. The van der Waals surface area contributed by atoms with Crippen molar-refractivity contribution in [3.63, 3.8) is 0 Å². The normalized spacial score (nSPS) is 17.1. The van der Waals surface area contributed by atoms with Crippen LogP contribution < -0.4 is 0 Å². The smallest absolute Gasteiger partial charge is 0.177 e. The predicted molar refractivity (Wildman–Crippen MR) is 118 cm³/mol. The minimum Gasteiger partial charge on any atom is -0.298 e. The maximum atomic E-state index is 12.8. The highest BCUT2D eigenvalue weighted by Crippen LogP contribution is 2.40. The fourth-order valence-corrected chi connectivity index (χ4v) is 5.45. The van der Waals surface area contributed by atoms with E-state index in [2.05, 4.69) is 52.5 Å². The number of benzene rings is 1. The lowest BCUT2D eigenvalue weighted by atomic mass is 9.87.